The van der Waals surface area contributed by atoms with E-state index in [-0.39, 0.29) is 0 Å². The first-order valence-electron chi connectivity index (χ1n) is 3.49. The molecule has 0 bridgehead atoms. The molecule has 2 heteroatoms. The smallest absolute Gasteiger partial charge is 0.0252 e. The van der Waals surface area contributed by atoms with Crippen LogP contribution in [0, 0.1) is 0 Å². The molecule has 2 unspecified atom stereocenters. The molecule has 0 spiro atoms. The lowest BCUT2D eigenvalue weighted by Gasteiger charge is -2.33. The molecular weight excluding hydrogens is 243 g/mol. The highest BCUT2D eigenvalue weighted by Crippen LogP contribution is 2.38. The third-order valence-corrected chi connectivity index (χ3v) is 5.09. The minimum atomic E-state index is 0.318. The lowest BCUT2D eigenvalue weighted by Crippen LogP contribution is -2.32. The predicted octanol–water partition coefficient (Wildman–Crippen LogP) is 3.05. The molecule has 2 atom stereocenters. The molecule has 0 radical (unpaired) electrons. The van der Waals surface area contributed by atoms with E-state index in [1.54, 1.807) is 0 Å². The van der Waals surface area contributed by atoms with Crippen LogP contribution in [-0.2, 0) is 0 Å². The van der Waals surface area contributed by atoms with Gasteiger partial charge in [0.1, 0.15) is 0 Å². The van der Waals surface area contributed by atoms with Crippen LogP contribution in [0.1, 0.15) is 32.6 Å². The van der Waals surface area contributed by atoms with Crippen molar-refractivity contribution in [2.75, 3.05) is 0 Å². The fourth-order valence-electron chi connectivity index (χ4n) is 1.27. The molecule has 1 aliphatic carbocycles. The summed E-state index contributed by atoms with van der Waals surface area (Å²) < 4.78 is 1.10. The Labute approximate surface area is 76.3 Å². The highest BCUT2D eigenvalue weighted by Gasteiger charge is 2.30. The summed E-state index contributed by atoms with van der Waals surface area (Å²) >= 11 is 7.13. The molecule has 0 aromatic heterocycles. The number of rotatable bonds is 0. The Kier molecular flexibility index (Phi) is 2.72. The van der Waals surface area contributed by atoms with Crippen molar-refractivity contribution < 1.29 is 0 Å². The van der Waals surface area contributed by atoms with Gasteiger partial charge in [0.2, 0.25) is 0 Å². The van der Waals surface area contributed by atoms with E-state index < -0.39 is 0 Å². The number of hydrogen-bond donors (Lipinski definition) is 1. The summed E-state index contributed by atoms with van der Waals surface area (Å²) in [6.07, 6.45) is 5.44. The van der Waals surface area contributed by atoms with E-state index in [0.29, 0.717) is 4.75 Å². The molecule has 0 aliphatic heterocycles. The quantitative estimate of drug-likeness (QED) is 0.384. The van der Waals surface area contributed by atoms with E-state index >= 15 is 0 Å². The van der Waals surface area contributed by atoms with Gasteiger partial charge < -0.3 is 0 Å². The molecule has 1 fully saturated rings. The summed E-state index contributed by atoms with van der Waals surface area (Å²) in [5.74, 6) is 0. The summed E-state index contributed by atoms with van der Waals surface area (Å²) in [6.45, 7) is 2.26. The Hall–Kier alpha value is 1.08. The summed E-state index contributed by atoms with van der Waals surface area (Å²) in [5, 5.41) is 0. The van der Waals surface area contributed by atoms with Crippen molar-refractivity contribution in [1.29, 1.82) is 0 Å². The van der Waals surface area contributed by atoms with Gasteiger partial charge in [-0.15, -0.1) is 0 Å². The molecule has 0 aromatic rings. The first-order valence-corrected chi connectivity index (χ1v) is 5.19. The van der Waals surface area contributed by atoms with Gasteiger partial charge in [-0.3, -0.25) is 0 Å². The van der Waals surface area contributed by atoms with Crippen molar-refractivity contribution in [3.63, 3.8) is 0 Å². The lowest BCUT2D eigenvalue weighted by molar-refractivity contribution is 0.448. The SMILES string of the molecule is CC1(S)CCCCC1I. The van der Waals surface area contributed by atoms with E-state index in [1.165, 1.54) is 25.7 Å². The molecular formula is C7H13IS. The van der Waals surface area contributed by atoms with Crippen LogP contribution in [-0.4, -0.2) is 8.67 Å². The van der Waals surface area contributed by atoms with Crippen LogP contribution in [0.15, 0.2) is 0 Å². The third-order valence-electron chi connectivity index (χ3n) is 2.07. The van der Waals surface area contributed by atoms with Crippen LogP contribution in [0.5, 0.6) is 0 Å². The molecule has 9 heavy (non-hydrogen) atoms. The number of thiol groups is 1. The van der Waals surface area contributed by atoms with Crippen molar-refractivity contribution in [2.24, 2.45) is 0 Å². The van der Waals surface area contributed by atoms with Crippen LogP contribution in [0.25, 0.3) is 0 Å². The van der Waals surface area contributed by atoms with Gasteiger partial charge in [0.25, 0.3) is 0 Å². The Bertz CT molecular complexity index is 101. The summed E-state index contributed by atoms with van der Waals surface area (Å²) in [7, 11) is 0. The largest absolute Gasteiger partial charge is 0.172 e. The van der Waals surface area contributed by atoms with E-state index in [4.69, 9.17) is 0 Å². The highest BCUT2D eigenvalue weighted by atomic mass is 127. The molecule has 0 N–H and O–H groups in total. The van der Waals surface area contributed by atoms with Crippen LogP contribution in [0.3, 0.4) is 0 Å². The van der Waals surface area contributed by atoms with Crippen LogP contribution in [0.2, 0.25) is 0 Å². The van der Waals surface area contributed by atoms with Gasteiger partial charge in [-0.05, 0) is 19.8 Å². The zero-order chi connectivity index (χ0) is 6.91. The van der Waals surface area contributed by atoms with Gasteiger partial charge >= 0.3 is 0 Å². The topological polar surface area (TPSA) is 0 Å². The van der Waals surface area contributed by atoms with Gasteiger partial charge in [0.05, 0.1) is 0 Å². The van der Waals surface area contributed by atoms with Crippen molar-refractivity contribution in [1.82, 2.24) is 0 Å². The average Bonchev–Trinajstić information content (AvgIpc) is 1.77. The Balaban J connectivity index is 2.49. The standard InChI is InChI=1S/C7H13IS/c1-7(9)5-3-2-4-6(7)8/h6,9H,2-5H2,1H3. The molecule has 0 nitrogen and oxygen atoms in total. The maximum Gasteiger partial charge on any atom is 0.0252 e. The van der Waals surface area contributed by atoms with Crippen molar-refractivity contribution >= 4 is 35.2 Å². The van der Waals surface area contributed by atoms with Crippen molar-refractivity contribution in [3.05, 3.63) is 0 Å². The summed E-state index contributed by atoms with van der Waals surface area (Å²) in [5.41, 5.74) is 0. The predicted molar refractivity (Wildman–Crippen MR) is 53.7 cm³/mol. The second-order valence-corrected chi connectivity index (χ2v) is 5.60. The van der Waals surface area contributed by atoms with Crippen LogP contribution >= 0.6 is 35.2 Å². The highest BCUT2D eigenvalue weighted by molar-refractivity contribution is 14.1. The van der Waals surface area contributed by atoms with Gasteiger partial charge in [0.15, 0.2) is 0 Å². The Morgan fingerprint density at radius 3 is 2.56 bits per heavy atom. The van der Waals surface area contributed by atoms with Gasteiger partial charge in [-0.2, -0.15) is 12.6 Å². The normalized spacial score (nSPS) is 45.0. The Morgan fingerprint density at radius 1 is 1.56 bits per heavy atom. The van der Waals surface area contributed by atoms with Crippen LogP contribution < -0.4 is 0 Å². The monoisotopic (exact) mass is 256 g/mol. The number of halogens is 1. The molecule has 0 amide bonds. The molecule has 1 saturated carbocycles. The lowest BCUT2D eigenvalue weighted by atomic mass is 9.90. The Morgan fingerprint density at radius 2 is 2.22 bits per heavy atom. The van der Waals surface area contributed by atoms with E-state index in [2.05, 4.69) is 42.1 Å². The minimum absolute atomic E-state index is 0.318. The number of hydrogen-bond acceptors (Lipinski definition) is 1. The first kappa shape index (κ1) is 8.18. The summed E-state index contributed by atoms with van der Waals surface area (Å²) in [6, 6.07) is 0. The number of alkyl halides is 1. The van der Waals surface area contributed by atoms with Crippen molar-refractivity contribution in [3.8, 4) is 0 Å². The van der Waals surface area contributed by atoms with Gasteiger partial charge in [-0.1, -0.05) is 35.4 Å². The van der Waals surface area contributed by atoms with Gasteiger partial charge in [-0.25, -0.2) is 0 Å². The maximum atomic E-state index is 4.61. The minimum Gasteiger partial charge on any atom is -0.172 e. The maximum absolute atomic E-state index is 4.61. The second-order valence-electron chi connectivity index (χ2n) is 3.07. The molecule has 54 valence electrons. The molecule has 0 heterocycles. The molecule has 1 rings (SSSR count). The second kappa shape index (κ2) is 2.99. The van der Waals surface area contributed by atoms with E-state index in [0.717, 1.165) is 3.92 Å². The third kappa shape index (κ3) is 2.00. The van der Waals surface area contributed by atoms with E-state index in [9.17, 15) is 0 Å². The summed E-state index contributed by atoms with van der Waals surface area (Å²) in [4.78, 5) is 0. The zero-order valence-electron chi connectivity index (χ0n) is 5.73. The fourth-order valence-corrected chi connectivity index (χ4v) is 2.31. The van der Waals surface area contributed by atoms with E-state index in [1.807, 2.05) is 0 Å². The fraction of sp³-hybridized carbons (Fsp3) is 1.00. The van der Waals surface area contributed by atoms with Gasteiger partial charge in [0, 0.05) is 8.67 Å². The average molecular weight is 256 g/mol. The van der Waals surface area contributed by atoms with Crippen molar-refractivity contribution in [2.45, 2.75) is 41.3 Å². The molecule has 0 aromatic carbocycles. The van der Waals surface area contributed by atoms with Crippen LogP contribution in [0.4, 0.5) is 0 Å². The first-order chi connectivity index (χ1) is 4.13. The molecule has 1 aliphatic rings. The molecule has 0 saturated heterocycles. The zero-order valence-corrected chi connectivity index (χ0v) is 8.78.